The molecule has 6 nitrogen and oxygen atoms in total. The molecule has 0 unspecified atom stereocenters. The Morgan fingerprint density at radius 1 is 1.05 bits per heavy atom. The van der Waals surface area contributed by atoms with E-state index in [2.05, 4.69) is 5.32 Å². The Balaban J connectivity index is 2.17. The average Bonchev–Trinajstić information content (AvgIpc) is 2.54. The van der Waals surface area contributed by atoms with E-state index >= 15 is 0 Å². The summed E-state index contributed by atoms with van der Waals surface area (Å²) in [5.41, 5.74) is 0.514. The zero-order chi connectivity index (χ0) is 16.1. The number of amides is 1. The molecule has 0 saturated carbocycles. The lowest BCUT2D eigenvalue weighted by Crippen LogP contribution is -2.34. The van der Waals surface area contributed by atoms with Crippen LogP contribution in [-0.2, 0) is 9.59 Å². The topological polar surface area (TPSA) is 84.9 Å². The van der Waals surface area contributed by atoms with Crippen molar-refractivity contribution in [2.24, 2.45) is 11.8 Å². The van der Waals surface area contributed by atoms with Crippen LogP contribution in [0.15, 0.2) is 30.4 Å². The molecule has 1 amide bonds. The van der Waals surface area contributed by atoms with Gasteiger partial charge in [-0.3, -0.25) is 9.59 Å². The summed E-state index contributed by atoms with van der Waals surface area (Å²) in [6.07, 6.45) is 4.44. The van der Waals surface area contributed by atoms with Crippen molar-refractivity contribution in [2.75, 3.05) is 19.5 Å². The predicted octanol–water partition coefficient (Wildman–Crippen LogP) is 2.31. The first-order chi connectivity index (χ1) is 10.5. The largest absolute Gasteiger partial charge is 0.497 e. The third-order valence-corrected chi connectivity index (χ3v) is 3.71. The Morgan fingerprint density at radius 3 is 2.09 bits per heavy atom. The van der Waals surface area contributed by atoms with Gasteiger partial charge in [0.2, 0.25) is 5.91 Å². The quantitative estimate of drug-likeness (QED) is 0.815. The molecule has 0 radical (unpaired) electrons. The maximum absolute atomic E-state index is 12.4. The van der Waals surface area contributed by atoms with E-state index < -0.39 is 17.8 Å². The van der Waals surface area contributed by atoms with E-state index in [9.17, 15) is 14.7 Å². The van der Waals surface area contributed by atoms with Crippen molar-refractivity contribution in [1.29, 1.82) is 0 Å². The summed E-state index contributed by atoms with van der Waals surface area (Å²) in [5, 5.41) is 12.0. The molecule has 6 heteroatoms. The number of rotatable bonds is 5. The first-order valence-electron chi connectivity index (χ1n) is 6.97. The fraction of sp³-hybridized carbons (Fsp3) is 0.375. The third kappa shape index (κ3) is 3.58. The summed E-state index contributed by atoms with van der Waals surface area (Å²) in [4.78, 5) is 23.7. The number of carboxylic acids is 1. The fourth-order valence-corrected chi connectivity index (χ4v) is 2.49. The number of carbonyl (C=O) groups is 2. The van der Waals surface area contributed by atoms with Gasteiger partial charge in [0, 0.05) is 23.9 Å². The molecule has 22 heavy (non-hydrogen) atoms. The van der Waals surface area contributed by atoms with Gasteiger partial charge < -0.3 is 19.9 Å². The van der Waals surface area contributed by atoms with Gasteiger partial charge in [-0.1, -0.05) is 12.2 Å². The first-order valence-corrected chi connectivity index (χ1v) is 6.97. The van der Waals surface area contributed by atoms with Gasteiger partial charge >= 0.3 is 5.97 Å². The molecule has 1 aromatic rings. The van der Waals surface area contributed by atoms with Gasteiger partial charge in [0.1, 0.15) is 11.5 Å². The Morgan fingerprint density at radius 2 is 1.59 bits per heavy atom. The lowest BCUT2D eigenvalue weighted by atomic mass is 9.82. The van der Waals surface area contributed by atoms with Crippen molar-refractivity contribution in [1.82, 2.24) is 0 Å². The van der Waals surface area contributed by atoms with Crippen LogP contribution in [0.2, 0.25) is 0 Å². The molecule has 0 fully saturated rings. The van der Waals surface area contributed by atoms with E-state index in [4.69, 9.17) is 9.47 Å². The number of methoxy groups -OCH3 is 2. The second-order valence-corrected chi connectivity index (χ2v) is 5.08. The van der Waals surface area contributed by atoms with E-state index in [0.29, 0.717) is 30.0 Å². The van der Waals surface area contributed by atoms with Crippen LogP contribution in [0.3, 0.4) is 0 Å². The molecule has 118 valence electrons. The minimum absolute atomic E-state index is 0.313. The molecule has 1 aromatic carbocycles. The normalized spacial score (nSPS) is 20.3. The number of anilines is 1. The van der Waals surface area contributed by atoms with Crippen LogP contribution < -0.4 is 14.8 Å². The Kier molecular flexibility index (Phi) is 5.04. The van der Waals surface area contributed by atoms with Crippen LogP contribution in [0.5, 0.6) is 11.5 Å². The predicted molar refractivity (Wildman–Crippen MR) is 81.2 cm³/mol. The lowest BCUT2D eigenvalue weighted by molar-refractivity contribution is -0.146. The van der Waals surface area contributed by atoms with Gasteiger partial charge in [0.15, 0.2) is 0 Å². The summed E-state index contributed by atoms with van der Waals surface area (Å²) >= 11 is 0. The maximum Gasteiger partial charge on any atom is 0.307 e. The van der Waals surface area contributed by atoms with Gasteiger partial charge in [0.25, 0.3) is 0 Å². The van der Waals surface area contributed by atoms with Crippen molar-refractivity contribution in [3.05, 3.63) is 30.4 Å². The monoisotopic (exact) mass is 305 g/mol. The molecule has 0 heterocycles. The standard InChI is InChI=1S/C16H19NO5/c1-21-11-7-10(8-12(9-11)22-2)17-15(18)13-5-3-4-6-14(13)16(19)20/h3-4,7-9,13-14H,5-6H2,1-2H3,(H,17,18)(H,19,20)/t13-,14-/m0/s1. The molecule has 2 N–H and O–H groups in total. The van der Waals surface area contributed by atoms with Crippen LogP contribution in [0, 0.1) is 11.8 Å². The summed E-state index contributed by atoms with van der Waals surface area (Å²) in [5.74, 6) is -1.45. The molecule has 0 aliphatic heterocycles. The van der Waals surface area contributed by atoms with Gasteiger partial charge in [-0.25, -0.2) is 0 Å². The molecular weight excluding hydrogens is 286 g/mol. The molecular formula is C16H19NO5. The average molecular weight is 305 g/mol. The van der Waals surface area contributed by atoms with Crippen molar-refractivity contribution in [3.8, 4) is 11.5 Å². The minimum atomic E-state index is -0.951. The molecule has 0 aromatic heterocycles. The maximum atomic E-state index is 12.4. The molecule has 2 atom stereocenters. The molecule has 0 saturated heterocycles. The second-order valence-electron chi connectivity index (χ2n) is 5.08. The van der Waals surface area contributed by atoms with Gasteiger partial charge in [-0.15, -0.1) is 0 Å². The Hall–Kier alpha value is -2.50. The van der Waals surface area contributed by atoms with E-state index in [-0.39, 0.29) is 5.91 Å². The number of aliphatic carboxylic acids is 1. The second kappa shape index (κ2) is 6.98. The smallest absolute Gasteiger partial charge is 0.307 e. The van der Waals surface area contributed by atoms with E-state index in [1.165, 1.54) is 14.2 Å². The SMILES string of the molecule is COc1cc(NC(=O)[C@H]2CC=CC[C@@H]2C(=O)O)cc(OC)c1. The summed E-state index contributed by atoms with van der Waals surface area (Å²) < 4.78 is 10.3. The van der Waals surface area contributed by atoms with Crippen LogP contribution in [0.1, 0.15) is 12.8 Å². The van der Waals surface area contributed by atoms with Crippen LogP contribution in [0.25, 0.3) is 0 Å². The highest BCUT2D eigenvalue weighted by molar-refractivity contribution is 5.95. The third-order valence-electron chi connectivity index (χ3n) is 3.71. The number of allylic oxidation sites excluding steroid dienone is 2. The fourth-order valence-electron chi connectivity index (χ4n) is 2.49. The number of carbonyl (C=O) groups excluding carboxylic acids is 1. The number of carboxylic acid groups (broad SMARTS) is 1. The highest BCUT2D eigenvalue weighted by Crippen LogP contribution is 2.29. The van der Waals surface area contributed by atoms with Crippen molar-refractivity contribution >= 4 is 17.6 Å². The van der Waals surface area contributed by atoms with Gasteiger partial charge in [0.05, 0.1) is 26.1 Å². The highest BCUT2D eigenvalue weighted by atomic mass is 16.5. The lowest BCUT2D eigenvalue weighted by Gasteiger charge is -2.24. The van der Waals surface area contributed by atoms with Crippen LogP contribution in [-0.4, -0.2) is 31.2 Å². The number of ether oxygens (including phenoxy) is 2. The number of hydrogen-bond donors (Lipinski definition) is 2. The summed E-state index contributed by atoms with van der Waals surface area (Å²) in [6.45, 7) is 0. The van der Waals surface area contributed by atoms with Crippen molar-refractivity contribution in [2.45, 2.75) is 12.8 Å². The summed E-state index contributed by atoms with van der Waals surface area (Å²) in [7, 11) is 3.04. The first kappa shape index (κ1) is 15.9. The molecule has 1 aliphatic rings. The molecule has 0 bridgehead atoms. The van der Waals surface area contributed by atoms with Gasteiger partial charge in [-0.2, -0.15) is 0 Å². The number of hydrogen-bond acceptors (Lipinski definition) is 4. The Labute approximate surface area is 128 Å². The van der Waals surface area contributed by atoms with E-state index in [1.807, 2.05) is 6.08 Å². The van der Waals surface area contributed by atoms with Crippen LogP contribution in [0.4, 0.5) is 5.69 Å². The van der Waals surface area contributed by atoms with Crippen LogP contribution >= 0.6 is 0 Å². The number of benzene rings is 1. The summed E-state index contributed by atoms with van der Waals surface area (Å²) in [6, 6.07) is 5.02. The van der Waals surface area contributed by atoms with Gasteiger partial charge in [-0.05, 0) is 12.8 Å². The van der Waals surface area contributed by atoms with E-state index in [1.54, 1.807) is 24.3 Å². The van der Waals surface area contributed by atoms with Crippen molar-refractivity contribution in [3.63, 3.8) is 0 Å². The zero-order valence-corrected chi connectivity index (χ0v) is 12.5. The minimum Gasteiger partial charge on any atom is -0.497 e. The van der Waals surface area contributed by atoms with Crippen molar-refractivity contribution < 1.29 is 24.2 Å². The molecule has 0 spiro atoms. The zero-order valence-electron chi connectivity index (χ0n) is 12.5. The highest BCUT2D eigenvalue weighted by Gasteiger charge is 2.34. The van der Waals surface area contributed by atoms with E-state index in [0.717, 1.165) is 0 Å². The molecule has 2 rings (SSSR count). The molecule has 1 aliphatic carbocycles. The Bertz CT molecular complexity index is 574. The number of nitrogens with one attached hydrogen (secondary N) is 1.